The summed E-state index contributed by atoms with van der Waals surface area (Å²) in [5, 5.41) is 3.26. The molecule has 5 heteroatoms. The van der Waals surface area contributed by atoms with Gasteiger partial charge in [0.1, 0.15) is 0 Å². The summed E-state index contributed by atoms with van der Waals surface area (Å²) in [6, 6.07) is 9.85. The largest absolute Gasteiger partial charge is 0.493 e. The van der Waals surface area contributed by atoms with E-state index in [1.807, 2.05) is 18.2 Å². The lowest BCUT2D eigenvalue weighted by molar-refractivity contribution is 0.355. The second kappa shape index (κ2) is 5.60. The molecule has 0 saturated heterocycles. The number of nitrogens with zero attached hydrogens (tertiary/aromatic N) is 1. The van der Waals surface area contributed by atoms with Crippen molar-refractivity contribution in [3.63, 3.8) is 0 Å². The molecule has 22 heavy (non-hydrogen) atoms. The van der Waals surface area contributed by atoms with Gasteiger partial charge in [-0.3, -0.25) is 0 Å². The smallest absolute Gasteiger partial charge is 0.205 e. The molecular weight excluding hydrogens is 278 g/mol. The highest BCUT2D eigenvalue weighted by molar-refractivity contribution is 5.80. The van der Waals surface area contributed by atoms with Gasteiger partial charge in [-0.2, -0.15) is 0 Å². The number of aromatic amines is 1. The van der Waals surface area contributed by atoms with Crippen LogP contribution >= 0.6 is 0 Å². The minimum atomic E-state index is 0.676. The van der Waals surface area contributed by atoms with Crippen LogP contribution in [0.15, 0.2) is 30.3 Å². The lowest BCUT2D eigenvalue weighted by Gasteiger charge is -2.09. The first-order chi connectivity index (χ1) is 10.6. The number of hydrogen-bond acceptors (Lipinski definition) is 4. The number of hydrogen-bond donors (Lipinski definition) is 2. The van der Waals surface area contributed by atoms with Crippen LogP contribution in [0.1, 0.15) is 11.1 Å². The number of fused-ring (bicyclic) bond motifs is 1. The first-order valence-corrected chi connectivity index (χ1v) is 7.06. The minimum absolute atomic E-state index is 0.676. The van der Waals surface area contributed by atoms with Crippen molar-refractivity contribution in [1.29, 1.82) is 0 Å². The van der Waals surface area contributed by atoms with E-state index in [9.17, 15) is 0 Å². The van der Waals surface area contributed by atoms with Gasteiger partial charge in [0.25, 0.3) is 0 Å². The van der Waals surface area contributed by atoms with Crippen LogP contribution < -0.4 is 14.8 Å². The lowest BCUT2D eigenvalue weighted by Crippen LogP contribution is -1.95. The molecule has 0 amide bonds. The maximum atomic E-state index is 5.31. The van der Waals surface area contributed by atoms with Crippen molar-refractivity contribution >= 4 is 22.7 Å². The molecule has 2 aromatic carbocycles. The Labute approximate surface area is 129 Å². The molecule has 0 bridgehead atoms. The van der Waals surface area contributed by atoms with Gasteiger partial charge >= 0.3 is 0 Å². The molecule has 0 aliphatic rings. The number of H-pyrrole nitrogens is 1. The maximum Gasteiger partial charge on any atom is 0.205 e. The standard InChI is InChI=1S/C17H19N3O2/c1-10-7-13-14(8-11(10)2)20-17(19-13)18-12-5-6-15(21-3)16(9-12)22-4/h5-9H,1-4H3,(H2,18,19,20). The maximum absolute atomic E-state index is 5.31. The van der Waals surface area contributed by atoms with Gasteiger partial charge in [-0.1, -0.05) is 0 Å². The molecule has 0 radical (unpaired) electrons. The molecule has 0 atom stereocenters. The second-order valence-electron chi connectivity index (χ2n) is 5.23. The number of anilines is 2. The van der Waals surface area contributed by atoms with E-state index in [-0.39, 0.29) is 0 Å². The third-order valence-electron chi connectivity index (χ3n) is 3.74. The lowest BCUT2D eigenvalue weighted by atomic mass is 10.1. The average molecular weight is 297 g/mol. The Hall–Kier alpha value is -2.69. The Kier molecular flexibility index (Phi) is 3.63. The fourth-order valence-electron chi connectivity index (χ4n) is 2.38. The summed E-state index contributed by atoms with van der Waals surface area (Å²) in [6.07, 6.45) is 0. The van der Waals surface area contributed by atoms with Gasteiger partial charge in [0, 0.05) is 11.8 Å². The average Bonchev–Trinajstić information content (AvgIpc) is 2.88. The van der Waals surface area contributed by atoms with Gasteiger partial charge in [-0.25, -0.2) is 4.98 Å². The second-order valence-corrected chi connectivity index (χ2v) is 5.23. The van der Waals surface area contributed by atoms with Crippen LogP contribution in [0.25, 0.3) is 11.0 Å². The zero-order valence-corrected chi connectivity index (χ0v) is 13.2. The van der Waals surface area contributed by atoms with E-state index in [1.165, 1.54) is 11.1 Å². The molecule has 1 heterocycles. The van der Waals surface area contributed by atoms with Gasteiger partial charge in [0.2, 0.25) is 5.95 Å². The Bertz CT molecular complexity index is 785. The van der Waals surface area contributed by atoms with E-state index in [4.69, 9.17) is 9.47 Å². The minimum Gasteiger partial charge on any atom is -0.493 e. The van der Waals surface area contributed by atoms with Crippen molar-refractivity contribution in [2.75, 3.05) is 19.5 Å². The third kappa shape index (κ3) is 2.57. The monoisotopic (exact) mass is 297 g/mol. The van der Waals surface area contributed by atoms with E-state index in [2.05, 4.69) is 41.3 Å². The summed E-state index contributed by atoms with van der Waals surface area (Å²) in [5.74, 6) is 2.08. The SMILES string of the molecule is COc1ccc(Nc2nc3cc(C)c(C)cc3[nH]2)cc1OC. The van der Waals surface area contributed by atoms with Crippen molar-refractivity contribution < 1.29 is 9.47 Å². The highest BCUT2D eigenvalue weighted by atomic mass is 16.5. The first-order valence-electron chi connectivity index (χ1n) is 7.06. The molecule has 0 saturated carbocycles. The number of nitrogens with one attached hydrogen (secondary N) is 2. The van der Waals surface area contributed by atoms with Gasteiger partial charge in [-0.15, -0.1) is 0 Å². The Balaban J connectivity index is 1.92. The molecule has 0 fully saturated rings. The predicted molar refractivity (Wildman–Crippen MR) is 88.4 cm³/mol. The summed E-state index contributed by atoms with van der Waals surface area (Å²) in [6.45, 7) is 4.18. The molecule has 2 N–H and O–H groups in total. The van der Waals surface area contributed by atoms with Crippen molar-refractivity contribution in [1.82, 2.24) is 9.97 Å². The van der Waals surface area contributed by atoms with E-state index in [0.717, 1.165) is 16.7 Å². The van der Waals surface area contributed by atoms with Crippen LogP contribution in [0, 0.1) is 13.8 Å². The Morgan fingerprint density at radius 2 is 1.68 bits per heavy atom. The van der Waals surface area contributed by atoms with E-state index >= 15 is 0 Å². The van der Waals surface area contributed by atoms with Gasteiger partial charge in [0.05, 0.1) is 25.3 Å². The number of benzene rings is 2. The number of aromatic nitrogens is 2. The summed E-state index contributed by atoms with van der Waals surface area (Å²) < 4.78 is 10.5. The third-order valence-corrected chi connectivity index (χ3v) is 3.74. The van der Waals surface area contributed by atoms with Crippen LogP contribution in [-0.4, -0.2) is 24.2 Å². The van der Waals surface area contributed by atoms with Gasteiger partial charge in [0.15, 0.2) is 11.5 Å². The molecular formula is C17H19N3O2. The molecule has 1 aromatic heterocycles. The summed E-state index contributed by atoms with van der Waals surface area (Å²) in [5.41, 5.74) is 5.33. The van der Waals surface area contributed by atoms with E-state index in [1.54, 1.807) is 14.2 Å². The molecule has 0 spiro atoms. The van der Waals surface area contributed by atoms with Crippen LogP contribution in [-0.2, 0) is 0 Å². The van der Waals surface area contributed by atoms with Crippen molar-refractivity contribution in [2.45, 2.75) is 13.8 Å². The number of ether oxygens (including phenoxy) is 2. The Morgan fingerprint density at radius 1 is 0.955 bits per heavy atom. The van der Waals surface area contributed by atoms with Crippen LogP contribution in [0.2, 0.25) is 0 Å². The zero-order valence-electron chi connectivity index (χ0n) is 13.2. The molecule has 0 aliphatic heterocycles. The summed E-state index contributed by atoms with van der Waals surface area (Å²) in [7, 11) is 3.24. The summed E-state index contributed by atoms with van der Waals surface area (Å²) in [4.78, 5) is 7.85. The number of imidazole rings is 1. The fourth-order valence-corrected chi connectivity index (χ4v) is 2.38. The quantitative estimate of drug-likeness (QED) is 0.765. The molecule has 0 unspecified atom stereocenters. The van der Waals surface area contributed by atoms with E-state index < -0.39 is 0 Å². The molecule has 3 rings (SSSR count). The van der Waals surface area contributed by atoms with Crippen LogP contribution in [0.5, 0.6) is 11.5 Å². The van der Waals surface area contributed by atoms with Crippen LogP contribution in [0.3, 0.4) is 0 Å². The number of aryl methyl sites for hydroxylation is 2. The normalized spacial score (nSPS) is 10.7. The number of methoxy groups -OCH3 is 2. The molecule has 3 aromatic rings. The van der Waals surface area contributed by atoms with Crippen molar-refractivity contribution in [3.05, 3.63) is 41.5 Å². The first kappa shape index (κ1) is 14.3. The van der Waals surface area contributed by atoms with E-state index in [0.29, 0.717) is 17.4 Å². The van der Waals surface area contributed by atoms with Crippen molar-refractivity contribution in [3.8, 4) is 11.5 Å². The van der Waals surface area contributed by atoms with Gasteiger partial charge in [-0.05, 0) is 49.2 Å². The Morgan fingerprint density at radius 3 is 2.41 bits per heavy atom. The topological polar surface area (TPSA) is 59.2 Å². The zero-order chi connectivity index (χ0) is 15.7. The molecule has 5 nitrogen and oxygen atoms in total. The summed E-state index contributed by atoms with van der Waals surface area (Å²) >= 11 is 0. The predicted octanol–water partition coefficient (Wildman–Crippen LogP) is 3.94. The molecule has 114 valence electrons. The highest BCUT2D eigenvalue weighted by Crippen LogP contribution is 2.31. The van der Waals surface area contributed by atoms with Crippen molar-refractivity contribution in [2.24, 2.45) is 0 Å². The van der Waals surface area contributed by atoms with Gasteiger partial charge < -0.3 is 19.8 Å². The highest BCUT2D eigenvalue weighted by Gasteiger charge is 2.08. The molecule has 0 aliphatic carbocycles. The number of rotatable bonds is 4. The van der Waals surface area contributed by atoms with Crippen LogP contribution in [0.4, 0.5) is 11.6 Å². The fraction of sp³-hybridized carbons (Fsp3) is 0.235.